The minimum Gasteiger partial charge on any atom is -0.495 e. The van der Waals surface area contributed by atoms with Crippen LogP contribution in [0.2, 0.25) is 0 Å². The summed E-state index contributed by atoms with van der Waals surface area (Å²) in [7, 11) is 1.46. The van der Waals surface area contributed by atoms with Crippen molar-refractivity contribution in [2.45, 2.75) is 13.5 Å². The molecule has 3 aromatic heterocycles. The molecule has 4 aromatic rings. The molecule has 0 bridgehead atoms. The van der Waals surface area contributed by atoms with Crippen LogP contribution in [-0.2, 0) is 16.1 Å². The number of ether oxygens (including phenoxy) is 2. The summed E-state index contributed by atoms with van der Waals surface area (Å²) in [6, 6.07) is 11.9. The third kappa shape index (κ3) is 3.91. The Labute approximate surface area is 187 Å². The van der Waals surface area contributed by atoms with Crippen molar-refractivity contribution in [1.82, 2.24) is 24.1 Å². The van der Waals surface area contributed by atoms with Crippen LogP contribution in [-0.4, -0.2) is 49.7 Å². The van der Waals surface area contributed by atoms with Crippen LogP contribution in [0.15, 0.2) is 53.5 Å². The van der Waals surface area contributed by atoms with Gasteiger partial charge in [0, 0.05) is 6.20 Å². The van der Waals surface area contributed by atoms with Gasteiger partial charge in [0.25, 0.3) is 5.91 Å². The minimum absolute atomic E-state index is 0.00569. The summed E-state index contributed by atoms with van der Waals surface area (Å²) in [6.45, 7) is 1.31. The normalized spacial score (nSPS) is 10.8. The first-order valence-electron chi connectivity index (χ1n) is 9.99. The topological polar surface area (TPSA) is 144 Å². The van der Waals surface area contributed by atoms with Gasteiger partial charge in [-0.15, -0.1) is 0 Å². The molecule has 11 nitrogen and oxygen atoms in total. The van der Waals surface area contributed by atoms with Crippen molar-refractivity contribution in [2.75, 3.05) is 13.7 Å². The molecule has 0 saturated carbocycles. The fourth-order valence-electron chi connectivity index (χ4n) is 3.45. The lowest BCUT2D eigenvalue weighted by atomic mass is 10.2. The summed E-state index contributed by atoms with van der Waals surface area (Å²) in [4.78, 5) is 51.2. The van der Waals surface area contributed by atoms with Gasteiger partial charge in [0.15, 0.2) is 17.2 Å². The van der Waals surface area contributed by atoms with Crippen LogP contribution in [0.5, 0.6) is 5.75 Å². The monoisotopic (exact) mass is 448 g/mol. The lowest BCUT2D eigenvalue weighted by molar-refractivity contribution is -0.143. The van der Waals surface area contributed by atoms with Crippen LogP contribution in [0.3, 0.4) is 0 Å². The summed E-state index contributed by atoms with van der Waals surface area (Å²) < 4.78 is 12.7. The number of hydrogen-bond donors (Lipinski definition) is 1. The van der Waals surface area contributed by atoms with Crippen molar-refractivity contribution in [3.63, 3.8) is 0 Å². The van der Waals surface area contributed by atoms with Crippen LogP contribution in [0.25, 0.3) is 28.4 Å². The zero-order valence-electron chi connectivity index (χ0n) is 17.9. The molecular weight excluding hydrogens is 428 g/mol. The van der Waals surface area contributed by atoms with E-state index in [1.807, 2.05) is 0 Å². The van der Waals surface area contributed by atoms with Crippen molar-refractivity contribution in [2.24, 2.45) is 5.73 Å². The predicted octanol–water partition coefficient (Wildman–Crippen LogP) is 1.31. The summed E-state index contributed by atoms with van der Waals surface area (Å²) in [5.74, 6) is -1.08. The van der Waals surface area contributed by atoms with Crippen LogP contribution in [0, 0.1) is 0 Å². The van der Waals surface area contributed by atoms with E-state index in [4.69, 9.17) is 15.2 Å². The minimum atomic E-state index is -0.894. The van der Waals surface area contributed by atoms with Gasteiger partial charge in [-0.1, -0.05) is 18.2 Å². The van der Waals surface area contributed by atoms with Gasteiger partial charge in [0.2, 0.25) is 0 Å². The molecule has 0 radical (unpaired) electrons. The van der Waals surface area contributed by atoms with Crippen molar-refractivity contribution in [3.8, 4) is 23.0 Å². The number of fused-ring (bicyclic) bond motifs is 1. The zero-order chi connectivity index (χ0) is 23.5. The first-order valence-corrected chi connectivity index (χ1v) is 9.99. The van der Waals surface area contributed by atoms with Crippen molar-refractivity contribution < 1.29 is 19.1 Å². The molecule has 1 amide bonds. The van der Waals surface area contributed by atoms with Crippen LogP contribution >= 0.6 is 0 Å². The highest BCUT2D eigenvalue weighted by molar-refractivity contribution is 6.02. The van der Waals surface area contributed by atoms with E-state index in [9.17, 15) is 14.4 Å². The number of amides is 1. The number of methoxy groups -OCH3 is 1. The Bertz CT molecular complexity index is 1410. The van der Waals surface area contributed by atoms with E-state index in [-0.39, 0.29) is 29.3 Å². The molecule has 0 aliphatic heterocycles. The van der Waals surface area contributed by atoms with E-state index < -0.39 is 24.1 Å². The number of hydrogen-bond acceptors (Lipinski definition) is 8. The van der Waals surface area contributed by atoms with Gasteiger partial charge in [0.1, 0.15) is 23.5 Å². The largest absolute Gasteiger partial charge is 0.495 e. The second-order valence-corrected chi connectivity index (χ2v) is 6.83. The number of para-hydroxylation sites is 2. The fourth-order valence-corrected chi connectivity index (χ4v) is 3.45. The smallest absolute Gasteiger partial charge is 0.335 e. The Kier molecular flexibility index (Phi) is 5.85. The molecule has 168 valence electrons. The molecule has 0 aliphatic rings. The van der Waals surface area contributed by atoms with Gasteiger partial charge in [-0.2, -0.15) is 0 Å². The number of nitrogens with zero attached hydrogens (tertiary/aromatic N) is 5. The number of carbonyl (C=O) groups excluding carboxylic acids is 2. The quantitative estimate of drug-likeness (QED) is 0.417. The van der Waals surface area contributed by atoms with E-state index in [0.29, 0.717) is 17.1 Å². The number of imidazole rings is 1. The highest BCUT2D eigenvalue weighted by Crippen LogP contribution is 2.27. The maximum Gasteiger partial charge on any atom is 0.335 e. The number of esters is 1. The maximum atomic E-state index is 13.5. The van der Waals surface area contributed by atoms with E-state index in [1.165, 1.54) is 11.7 Å². The Morgan fingerprint density at radius 1 is 1.09 bits per heavy atom. The molecule has 0 fully saturated rings. The molecule has 0 atom stereocenters. The molecule has 1 aromatic carbocycles. The number of benzene rings is 1. The molecule has 11 heteroatoms. The van der Waals surface area contributed by atoms with Crippen molar-refractivity contribution in [1.29, 1.82) is 0 Å². The number of nitrogens with two attached hydrogens (primary N) is 1. The third-order valence-electron chi connectivity index (χ3n) is 4.82. The zero-order valence-corrected chi connectivity index (χ0v) is 17.9. The van der Waals surface area contributed by atoms with Crippen LogP contribution in [0.1, 0.15) is 17.4 Å². The number of aromatic nitrogens is 5. The summed E-state index contributed by atoms with van der Waals surface area (Å²) in [6.07, 6.45) is 1.55. The first-order chi connectivity index (χ1) is 16.0. The first kappa shape index (κ1) is 21.7. The lowest BCUT2D eigenvalue weighted by Gasteiger charge is -2.09. The second kappa shape index (κ2) is 8.91. The van der Waals surface area contributed by atoms with Gasteiger partial charge in [-0.3, -0.25) is 19.1 Å². The molecule has 0 aliphatic carbocycles. The average Bonchev–Trinajstić information content (AvgIpc) is 3.09. The Hall–Kier alpha value is -4.54. The number of rotatable bonds is 7. The van der Waals surface area contributed by atoms with Gasteiger partial charge in [0.05, 0.1) is 19.4 Å². The van der Waals surface area contributed by atoms with E-state index in [0.717, 1.165) is 4.57 Å². The number of pyridine rings is 1. The number of primary amides is 1. The average molecular weight is 448 g/mol. The molecule has 3 heterocycles. The van der Waals surface area contributed by atoms with E-state index in [2.05, 4.69) is 15.0 Å². The second-order valence-electron chi connectivity index (χ2n) is 6.83. The van der Waals surface area contributed by atoms with Gasteiger partial charge in [-0.05, 0) is 31.2 Å². The molecule has 33 heavy (non-hydrogen) atoms. The Balaban J connectivity index is 2.12. The number of carbonyl (C=O) groups is 2. The van der Waals surface area contributed by atoms with Gasteiger partial charge >= 0.3 is 11.7 Å². The molecule has 0 saturated heterocycles. The molecule has 2 N–H and O–H groups in total. The standard InChI is InChI=1S/C22H20N6O5/c1-3-33-16(29)12-27-18-17(19(23)30)25-20(13-8-6-7-11-24-13)26-21(18)28(22(27)31)14-9-4-5-10-15(14)32-2/h4-11H,3,12H2,1-2H3,(H2,23,30). The van der Waals surface area contributed by atoms with Crippen LogP contribution < -0.4 is 16.2 Å². The maximum absolute atomic E-state index is 13.5. The SMILES string of the molecule is CCOC(=O)Cn1c(=O)n(-c2ccccc2OC)c2nc(-c3ccccn3)nc(C(N)=O)c21. The summed E-state index contributed by atoms with van der Waals surface area (Å²) >= 11 is 0. The van der Waals surface area contributed by atoms with Crippen molar-refractivity contribution in [3.05, 3.63) is 64.8 Å². The Morgan fingerprint density at radius 3 is 2.52 bits per heavy atom. The summed E-state index contributed by atoms with van der Waals surface area (Å²) in [5, 5.41) is 0. The fraction of sp³-hybridized carbons (Fsp3) is 0.182. The molecule has 4 rings (SSSR count). The van der Waals surface area contributed by atoms with Crippen molar-refractivity contribution >= 4 is 23.0 Å². The lowest BCUT2D eigenvalue weighted by Crippen LogP contribution is -2.28. The van der Waals surface area contributed by atoms with Gasteiger partial charge < -0.3 is 15.2 Å². The molecule has 0 unspecified atom stereocenters. The molecule has 0 spiro atoms. The van der Waals surface area contributed by atoms with Crippen LogP contribution in [0.4, 0.5) is 0 Å². The molecular formula is C22H20N6O5. The highest BCUT2D eigenvalue weighted by atomic mass is 16.5. The predicted molar refractivity (Wildman–Crippen MR) is 118 cm³/mol. The summed E-state index contributed by atoms with van der Waals surface area (Å²) in [5.41, 5.74) is 5.56. The highest BCUT2D eigenvalue weighted by Gasteiger charge is 2.26. The van der Waals surface area contributed by atoms with Gasteiger partial charge in [-0.25, -0.2) is 19.3 Å². The Morgan fingerprint density at radius 2 is 1.85 bits per heavy atom. The van der Waals surface area contributed by atoms with E-state index >= 15 is 0 Å². The third-order valence-corrected chi connectivity index (χ3v) is 4.82. The van der Waals surface area contributed by atoms with E-state index in [1.54, 1.807) is 55.6 Å².